The Kier molecular flexibility index (Phi) is 3.00. The molecule has 1 saturated heterocycles. The van der Waals surface area contributed by atoms with E-state index < -0.39 is 0 Å². The van der Waals surface area contributed by atoms with Crippen molar-refractivity contribution in [3.63, 3.8) is 0 Å². The van der Waals surface area contributed by atoms with E-state index in [1.54, 1.807) is 0 Å². The Balaban J connectivity index is 2.30. The zero-order valence-corrected chi connectivity index (χ0v) is 7.23. The third-order valence-corrected chi connectivity index (χ3v) is 2.22. The fourth-order valence-corrected chi connectivity index (χ4v) is 1.43. The van der Waals surface area contributed by atoms with Crippen molar-refractivity contribution < 1.29 is 9.53 Å². The Morgan fingerprint density at radius 2 is 2.64 bits per heavy atom. The van der Waals surface area contributed by atoms with Gasteiger partial charge in [0.2, 0.25) is 0 Å². The van der Waals surface area contributed by atoms with Gasteiger partial charge in [0.05, 0.1) is 11.4 Å². The molecule has 1 amide bonds. The van der Waals surface area contributed by atoms with Crippen LogP contribution in [0.1, 0.15) is 19.8 Å². The third kappa shape index (κ3) is 2.26. The molecule has 64 valence electrons. The highest BCUT2D eigenvalue weighted by molar-refractivity contribution is 6.21. The Morgan fingerprint density at radius 3 is 3.09 bits per heavy atom. The molecule has 3 nitrogen and oxygen atoms in total. The Bertz CT molecular complexity index is 151. The van der Waals surface area contributed by atoms with Crippen LogP contribution in [0.5, 0.6) is 0 Å². The van der Waals surface area contributed by atoms with Crippen LogP contribution < -0.4 is 5.32 Å². The number of carbonyl (C=O) groups excluding carboxylic acids is 1. The molecule has 0 aromatic rings. The normalized spacial score (nSPS) is 26.0. The summed E-state index contributed by atoms with van der Waals surface area (Å²) in [6, 6.07) is 0.00381. The van der Waals surface area contributed by atoms with Gasteiger partial charge in [-0.15, -0.1) is 11.6 Å². The summed E-state index contributed by atoms with van der Waals surface area (Å²) in [7, 11) is 0. The second kappa shape index (κ2) is 3.81. The first kappa shape index (κ1) is 8.65. The topological polar surface area (TPSA) is 38.3 Å². The monoisotopic (exact) mass is 177 g/mol. The molecule has 0 aromatic carbocycles. The maximum atomic E-state index is 10.6. The first-order valence-electron chi connectivity index (χ1n) is 3.81. The van der Waals surface area contributed by atoms with Crippen molar-refractivity contribution >= 4 is 17.7 Å². The van der Waals surface area contributed by atoms with Crippen molar-refractivity contribution in [2.45, 2.75) is 31.2 Å². The largest absolute Gasteiger partial charge is 0.447 e. The van der Waals surface area contributed by atoms with Crippen LogP contribution in [0.15, 0.2) is 0 Å². The number of alkyl carbamates (subject to hydrolysis) is 1. The lowest BCUT2D eigenvalue weighted by Gasteiger charge is -2.12. The molecule has 0 saturated carbocycles. The molecule has 1 N–H and O–H groups in total. The number of hydrogen-bond acceptors (Lipinski definition) is 2. The highest BCUT2D eigenvalue weighted by Crippen LogP contribution is 2.13. The SMILES string of the molecule is CCCC(Cl)[C@H]1COC(=O)N1. The molecule has 0 aliphatic carbocycles. The number of alkyl halides is 1. The van der Waals surface area contributed by atoms with E-state index in [-0.39, 0.29) is 17.5 Å². The van der Waals surface area contributed by atoms with Gasteiger partial charge in [0.15, 0.2) is 0 Å². The average Bonchev–Trinajstić information content (AvgIpc) is 2.36. The van der Waals surface area contributed by atoms with Gasteiger partial charge in [0, 0.05) is 0 Å². The average molecular weight is 178 g/mol. The van der Waals surface area contributed by atoms with Crippen molar-refractivity contribution in [3.05, 3.63) is 0 Å². The highest BCUT2D eigenvalue weighted by atomic mass is 35.5. The summed E-state index contributed by atoms with van der Waals surface area (Å²) in [6.07, 6.45) is 1.59. The minimum absolute atomic E-state index is 0.00381. The molecule has 4 heteroatoms. The summed E-state index contributed by atoms with van der Waals surface area (Å²) >= 11 is 5.96. The lowest BCUT2D eigenvalue weighted by atomic mass is 10.1. The van der Waals surface area contributed by atoms with E-state index in [0.717, 1.165) is 12.8 Å². The van der Waals surface area contributed by atoms with Crippen LogP contribution in [0.4, 0.5) is 4.79 Å². The molecule has 0 bridgehead atoms. The van der Waals surface area contributed by atoms with Crippen molar-refractivity contribution in [2.24, 2.45) is 0 Å². The molecule has 1 rings (SSSR count). The second-order valence-electron chi connectivity index (χ2n) is 2.65. The fourth-order valence-electron chi connectivity index (χ4n) is 1.07. The molecule has 1 aliphatic heterocycles. The zero-order chi connectivity index (χ0) is 8.27. The van der Waals surface area contributed by atoms with E-state index in [1.807, 2.05) is 0 Å². The van der Waals surface area contributed by atoms with Gasteiger partial charge in [-0.1, -0.05) is 13.3 Å². The smallest absolute Gasteiger partial charge is 0.407 e. The summed E-state index contributed by atoms with van der Waals surface area (Å²) in [5, 5.41) is 2.65. The molecule has 1 fully saturated rings. The van der Waals surface area contributed by atoms with E-state index in [2.05, 4.69) is 12.2 Å². The van der Waals surface area contributed by atoms with Gasteiger partial charge in [0.1, 0.15) is 6.61 Å². The molecular formula is C7H12ClNO2. The number of ether oxygens (including phenoxy) is 1. The number of amides is 1. The van der Waals surface area contributed by atoms with E-state index in [4.69, 9.17) is 16.3 Å². The number of cyclic esters (lactones) is 1. The van der Waals surface area contributed by atoms with Gasteiger partial charge in [-0.25, -0.2) is 4.79 Å². The van der Waals surface area contributed by atoms with Crippen molar-refractivity contribution in [1.82, 2.24) is 5.32 Å². The lowest BCUT2D eigenvalue weighted by molar-refractivity contribution is 0.176. The van der Waals surface area contributed by atoms with Crippen LogP contribution in [0, 0.1) is 0 Å². The second-order valence-corrected chi connectivity index (χ2v) is 3.21. The predicted molar refractivity (Wildman–Crippen MR) is 42.8 cm³/mol. The van der Waals surface area contributed by atoms with Crippen LogP contribution in [0.25, 0.3) is 0 Å². The minimum atomic E-state index is -0.350. The molecular weight excluding hydrogens is 166 g/mol. The molecule has 1 unspecified atom stereocenters. The summed E-state index contributed by atoms with van der Waals surface area (Å²) in [5.41, 5.74) is 0. The zero-order valence-electron chi connectivity index (χ0n) is 6.47. The van der Waals surface area contributed by atoms with E-state index >= 15 is 0 Å². The fraction of sp³-hybridized carbons (Fsp3) is 0.857. The molecule has 0 spiro atoms. The molecule has 1 aliphatic rings. The summed E-state index contributed by atoms with van der Waals surface area (Å²) < 4.78 is 4.70. The highest BCUT2D eigenvalue weighted by Gasteiger charge is 2.27. The van der Waals surface area contributed by atoms with Gasteiger partial charge in [-0.3, -0.25) is 0 Å². The van der Waals surface area contributed by atoms with Crippen molar-refractivity contribution in [3.8, 4) is 0 Å². The number of halogens is 1. The van der Waals surface area contributed by atoms with E-state index in [1.165, 1.54) is 0 Å². The van der Waals surface area contributed by atoms with Crippen LogP contribution in [0.3, 0.4) is 0 Å². The Labute approximate surface area is 71.1 Å². The quantitative estimate of drug-likeness (QED) is 0.664. The number of rotatable bonds is 3. The van der Waals surface area contributed by atoms with Crippen LogP contribution >= 0.6 is 11.6 Å². The molecule has 11 heavy (non-hydrogen) atoms. The van der Waals surface area contributed by atoms with E-state index in [9.17, 15) is 4.79 Å². The van der Waals surface area contributed by atoms with Gasteiger partial charge in [-0.05, 0) is 6.42 Å². The van der Waals surface area contributed by atoms with E-state index in [0.29, 0.717) is 6.61 Å². The van der Waals surface area contributed by atoms with Crippen LogP contribution in [0.2, 0.25) is 0 Å². The standard InChI is InChI=1S/C7H12ClNO2/c1-2-3-5(8)6-4-11-7(10)9-6/h5-6H,2-4H2,1H3,(H,9,10)/t5?,6-/m1/s1. The maximum Gasteiger partial charge on any atom is 0.407 e. The Morgan fingerprint density at radius 1 is 1.91 bits per heavy atom. The molecule has 0 radical (unpaired) electrons. The van der Waals surface area contributed by atoms with Gasteiger partial charge in [0.25, 0.3) is 0 Å². The van der Waals surface area contributed by atoms with Gasteiger partial charge >= 0.3 is 6.09 Å². The number of hydrogen-bond donors (Lipinski definition) is 1. The van der Waals surface area contributed by atoms with Crippen LogP contribution in [-0.2, 0) is 4.74 Å². The Hall–Kier alpha value is -0.440. The van der Waals surface area contributed by atoms with Crippen LogP contribution in [-0.4, -0.2) is 24.1 Å². The van der Waals surface area contributed by atoms with Crippen molar-refractivity contribution in [1.29, 1.82) is 0 Å². The van der Waals surface area contributed by atoms with Crippen molar-refractivity contribution in [2.75, 3.05) is 6.61 Å². The lowest BCUT2D eigenvalue weighted by Crippen LogP contribution is -2.34. The number of carbonyl (C=O) groups is 1. The molecule has 2 atom stereocenters. The first-order chi connectivity index (χ1) is 5.24. The van der Waals surface area contributed by atoms with Gasteiger partial charge < -0.3 is 10.1 Å². The summed E-state index contributed by atoms with van der Waals surface area (Å²) in [6.45, 7) is 2.47. The molecule has 0 aromatic heterocycles. The number of nitrogens with one attached hydrogen (secondary N) is 1. The molecule has 1 heterocycles. The maximum absolute atomic E-state index is 10.6. The third-order valence-electron chi connectivity index (χ3n) is 1.70. The summed E-state index contributed by atoms with van der Waals surface area (Å²) in [4.78, 5) is 10.6. The predicted octanol–water partition coefficient (Wildman–Crippen LogP) is 1.50. The minimum Gasteiger partial charge on any atom is -0.447 e. The summed E-state index contributed by atoms with van der Waals surface area (Å²) in [5.74, 6) is 0. The first-order valence-corrected chi connectivity index (χ1v) is 4.25. The van der Waals surface area contributed by atoms with Gasteiger partial charge in [-0.2, -0.15) is 0 Å².